The summed E-state index contributed by atoms with van der Waals surface area (Å²) in [5, 5.41) is 14.3. The van der Waals surface area contributed by atoms with Gasteiger partial charge in [-0.05, 0) is 31.6 Å². The van der Waals surface area contributed by atoms with E-state index >= 15 is 0 Å². The predicted octanol–water partition coefficient (Wildman–Crippen LogP) is 2.37. The molecule has 1 rings (SSSR count). The van der Waals surface area contributed by atoms with E-state index in [1.807, 2.05) is 6.92 Å². The predicted molar refractivity (Wildman–Crippen MR) is 74.0 cm³/mol. The van der Waals surface area contributed by atoms with Crippen LogP contribution in [-0.4, -0.2) is 29.7 Å². The van der Waals surface area contributed by atoms with Gasteiger partial charge in [0.1, 0.15) is 0 Å². The van der Waals surface area contributed by atoms with Crippen molar-refractivity contribution in [2.24, 2.45) is 11.8 Å². The van der Waals surface area contributed by atoms with E-state index in [1.165, 1.54) is 25.7 Å². The third kappa shape index (κ3) is 6.45. The normalized spacial score (nSPS) is 24.5. The Labute approximate surface area is 115 Å². The van der Waals surface area contributed by atoms with Crippen molar-refractivity contribution in [1.29, 1.82) is 0 Å². The van der Waals surface area contributed by atoms with Gasteiger partial charge in [-0.3, -0.25) is 4.79 Å². The van der Waals surface area contributed by atoms with E-state index < -0.39 is 5.97 Å². The molecule has 1 aliphatic carbocycles. The van der Waals surface area contributed by atoms with E-state index in [1.54, 1.807) is 0 Å². The Bertz CT molecular complexity index is 307. The largest absolute Gasteiger partial charge is 0.481 e. The summed E-state index contributed by atoms with van der Waals surface area (Å²) in [4.78, 5) is 22.1. The number of rotatable bonds is 6. The van der Waals surface area contributed by atoms with E-state index in [4.69, 9.17) is 5.11 Å². The molecule has 0 aromatic carbocycles. The molecule has 110 valence electrons. The zero-order valence-electron chi connectivity index (χ0n) is 11.9. The highest BCUT2D eigenvalue weighted by Gasteiger charge is 2.21. The molecule has 0 saturated heterocycles. The Balaban J connectivity index is 2.18. The van der Waals surface area contributed by atoms with E-state index in [-0.39, 0.29) is 18.5 Å². The van der Waals surface area contributed by atoms with Crippen LogP contribution in [0.25, 0.3) is 0 Å². The number of carbonyl (C=O) groups is 2. The number of amides is 2. The summed E-state index contributed by atoms with van der Waals surface area (Å²) in [5.74, 6) is 0.428. The molecule has 1 aliphatic rings. The standard InChI is InChI=1S/C14H26N2O3/c1-10-5-3-4-6-12(10)9-15-14(19)16-11(2)7-8-13(17)18/h10-12H,3-9H2,1-2H3,(H,17,18)(H2,15,16,19). The van der Waals surface area contributed by atoms with Crippen LogP contribution in [0.15, 0.2) is 0 Å². The van der Waals surface area contributed by atoms with E-state index in [2.05, 4.69) is 17.6 Å². The molecular weight excluding hydrogens is 244 g/mol. The number of carboxylic acids is 1. The van der Waals surface area contributed by atoms with Gasteiger partial charge in [0.25, 0.3) is 0 Å². The van der Waals surface area contributed by atoms with Gasteiger partial charge in [0.05, 0.1) is 0 Å². The minimum absolute atomic E-state index is 0.0844. The average molecular weight is 270 g/mol. The van der Waals surface area contributed by atoms with Crippen molar-refractivity contribution < 1.29 is 14.7 Å². The number of carbonyl (C=O) groups excluding carboxylic acids is 1. The maximum Gasteiger partial charge on any atom is 0.315 e. The summed E-state index contributed by atoms with van der Waals surface area (Å²) >= 11 is 0. The molecule has 3 N–H and O–H groups in total. The molecule has 3 atom stereocenters. The molecule has 3 unspecified atom stereocenters. The van der Waals surface area contributed by atoms with Crippen LogP contribution >= 0.6 is 0 Å². The first-order valence-corrected chi connectivity index (χ1v) is 7.25. The topological polar surface area (TPSA) is 78.4 Å². The molecule has 1 fully saturated rings. The Hall–Kier alpha value is -1.26. The van der Waals surface area contributed by atoms with Crippen LogP contribution in [0.5, 0.6) is 0 Å². The van der Waals surface area contributed by atoms with Crippen LogP contribution in [0.4, 0.5) is 4.79 Å². The van der Waals surface area contributed by atoms with Crippen molar-refractivity contribution in [1.82, 2.24) is 10.6 Å². The smallest absolute Gasteiger partial charge is 0.315 e. The first-order chi connectivity index (χ1) is 8.99. The van der Waals surface area contributed by atoms with Gasteiger partial charge in [-0.25, -0.2) is 4.79 Å². The second-order valence-corrected chi connectivity index (χ2v) is 5.71. The lowest BCUT2D eigenvalue weighted by Crippen LogP contribution is -2.43. The van der Waals surface area contributed by atoms with Gasteiger partial charge in [-0.15, -0.1) is 0 Å². The van der Waals surface area contributed by atoms with Crippen molar-refractivity contribution in [2.75, 3.05) is 6.54 Å². The van der Waals surface area contributed by atoms with E-state index in [0.29, 0.717) is 18.3 Å². The summed E-state index contributed by atoms with van der Waals surface area (Å²) in [6.07, 6.45) is 5.55. The first-order valence-electron chi connectivity index (χ1n) is 7.25. The first kappa shape index (κ1) is 15.8. The summed E-state index contributed by atoms with van der Waals surface area (Å²) in [7, 11) is 0. The second-order valence-electron chi connectivity index (χ2n) is 5.71. The molecular formula is C14H26N2O3. The molecule has 5 heteroatoms. The highest BCUT2D eigenvalue weighted by molar-refractivity contribution is 5.74. The summed E-state index contributed by atoms with van der Waals surface area (Å²) < 4.78 is 0. The molecule has 0 aromatic rings. The Morgan fingerprint density at radius 1 is 1.32 bits per heavy atom. The van der Waals surface area contributed by atoms with Gasteiger partial charge in [0, 0.05) is 19.0 Å². The fourth-order valence-electron chi connectivity index (χ4n) is 2.61. The number of hydrogen-bond donors (Lipinski definition) is 3. The van der Waals surface area contributed by atoms with Gasteiger partial charge in [-0.2, -0.15) is 0 Å². The molecule has 0 radical (unpaired) electrons. The third-order valence-corrected chi connectivity index (χ3v) is 3.98. The molecule has 0 aromatic heterocycles. The quantitative estimate of drug-likeness (QED) is 0.693. The molecule has 0 heterocycles. The molecule has 5 nitrogen and oxygen atoms in total. The lowest BCUT2D eigenvalue weighted by Gasteiger charge is -2.29. The lowest BCUT2D eigenvalue weighted by atomic mass is 9.80. The Morgan fingerprint density at radius 2 is 2.00 bits per heavy atom. The number of urea groups is 1. The van der Waals surface area contributed by atoms with Gasteiger partial charge < -0.3 is 15.7 Å². The zero-order chi connectivity index (χ0) is 14.3. The van der Waals surface area contributed by atoms with Crippen LogP contribution in [0.3, 0.4) is 0 Å². The van der Waals surface area contributed by atoms with Gasteiger partial charge in [0.2, 0.25) is 0 Å². The molecule has 0 bridgehead atoms. The summed E-state index contributed by atoms with van der Waals surface area (Å²) in [6.45, 7) is 4.79. The van der Waals surface area contributed by atoms with Gasteiger partial charge >= 0.3 is 12.0 Å². The number of carboxylic acid groups (broad SMARTS) is 1. The Kier molecular flexibility index (Phi) is 6.67. The minimum atomic E-state index is -0.829. The maximum absolute atomic E-state index is 11.7. The number of nitrogens with one attached hydrogen (secondary N) is 2. The van der Waals surface area contributed by atoms with Crippen LogP contribution in [0.2, 0.25) is 0 Å². The third-order valence-electron chi connectivity index (χ3n) is 3.98. The second kappa shape index (κ2) is 8.02. The Morgan fingerprint density at radius 3 is 2.63 bits per heavy atom. The molecule has 19 heavy (non-hydrogen) atoms. The van der Waals surface area contributed by atoms with Crippen LogP contribution in [0.1, 0.15) is 52.4 Å². The maximum atomic E-state index is 11.7. The van der Waals surface area contributed by atoms with Crippen molar-refractivity contribution in [3.63, 3.8) is 0 Å². The minimum Gasteiger partial charge on any atom is -0.481 e. The van der Waals surface area contributed by atoms with Crippen LogP contribution in [-0.2, 0) is 4.79 Å². The molecule has 0 aliphatic heterocycles. The summed E-state index contributed by atoms with van der Waals surface area (Å²) in [6, 6.07) is -0.296. The zero-order valence-corrected chi connectivity index (χ0v) is 11.9. The van der Waals surface area contributed by atoms with Crippen LogP contribution < -0.4 is 10.6 Å². The number of aliphatic carboxylic acids is 1. The average Bonchev–Trinajstić information content (AvgIpc) is 2.35. The van der Waals surface area contributed by atoms with E-state index in [9.17, 15) is 9.59 Å². The van der Waals surface area contributed by atoms with Gasteiger partial charge in [0.15, 0.2) is 0 Å². The van der Waals surface area contributed by atoms with Crippen molar-refractivity contribution in [3.05, 3.63) is 0 Å². The molecule has 0 spiro atoms. The highest BCUT2D eigenvalue weighted by atomic mass is 16.4. The lowest BCUT2D eigenvalue weighted by molar-refractivity contribution is -0.137. The monoisotopic (exact) mass is 270 g/mol. The fraction of sp³-hybridized carbons (Fsp3) is 0.857. The van der Waals surface area contributed by atoms with Crippen molar-refractivity contribution in [3.8, 4) is 0 Å². The molecule has 1 saturated carbocycles. The van der Waals surface area contributed by atoms with Crippen molar-refractivity contribution >= 4 is 12.0 Å². The van der Waals surface area contributed by atoms with E-state index in [0.717, 1.165) is 6.54 Å². The number of hydrogen-bond acceptors (Lipinski definition) is 2. The molecule has 2 amide bonds. The highest BCUT2D eigenvalue weighted by Crippen LogP contribution is 2.28. The van der Waals surface area contributed by atoms with Gasteiger partial charge in [-0.1, -0.05) is 26.2 Å². The SMILES string of the molecule is CC(CCC(=O)O)NC(=O)NCC1CCCCC1C. The summed E-state index contributed by atoms with van der Waals surface area (Å²) in [5.41, 5.74) is 0. The van der Waals surface area contributed by atoms with Crippen molar-refractivity contribution in [2.45, 2.75) is 58.4 Å². The fourth-order valence-corrected chi connectivity index (χ4v) is 2.61. The van der Waals surface area contributed by atoms with Crippen LogP contribution in [0, 0.1) is 11.8 Å².